The highest BCUT2D eigenvalue weighted by atomic mass is 19.1. The summed E-state index contributed by atoms with van der Waals surface area (Å²) in [5.74, 6) is -0.587. The van der Waals surface area contributed by atoms with Gasteiger partial charge in [0.15, 0.2) is 0 Å². The largest absolute Gasteiger partial charge is 0.493 e. The number of hydrogen-bond acceptors (Lipinski definition) is 2. The molecule has 0 fully saturated rings. The van der Waals surface area contributed by atoms with Crippen molar-refractivity contribution in [3.63, 3.8) is 0 Å². The van der Waals surface area contributed by atoms with Gasteiger partial charge in [-0.25, -0.2) is 8.78 Å². The zero-order valence-electron chi connectivity index (χ0n) is 10.8. The van der Waals surface area contributed by atoms with Crippen molar-refractivity contribution in [3.8, 4) is 5.75 Å². The lowest BCUT2D eigenvalue weighted by molar-refractivity contribution is 0.214. The summed E-state index contributed by atoms with van der Waals surface area (Å²) in [6.45, 7) is 0.696. The van der Waals surface area contributed by atoms with Crippen molar-refractivity contribution in [1.29, 1.82) is 0 Å². The summed E-state index contributed by atoms with van der Waals surface area (Å²) >= 11 is 0. The lowest BCUT2D eigenvalue weighted by Gasteiger charge is -2.20. The number of benzene rings is 2. The fourth-order valence-corrected chi connectivity index (χ4v) is 2.45. The lowest BCUT2D eigenvalue weighted by atomic mass is 9.96. The minimum Gasteiger partial charge on any atom is -0.493 e. The van der Waals surface area contributed by atoms with Gasteiger partial charge in [0.1, 0.15) is 23.5 Å². The van der Waals surface area contributed by atoms with Gasteiger partial charge in [-0.1, -0.05) is 12.1 Å². The molecule has 0 spiro atoms. The van der Waals surface area contributed by atoms with E-state index >= 15 is 0 Å². The molecule has 1 aliphatic heterocycles. The quantitative estimate of drug-likeness (QED) is 0.911. The first-order chi connectivity index (χ1) is 9.65. The summed E-state index contributed by atoms with van der Waals surface area (Å²) in [5, 5.41) is 10.3. The Morgan fingerprint density at radius 2 is 1.95 bits per heavy atom. The van der Waals surface area contributed by atoms with Crippen LogP contribution in [-0.2, 0) is 6.42 Å². The van der Waals surface area contributed by atoms with Gasteiger partial charge in [0.25, 0.3) is 0 Å². The molecule has 2 aromatic rings. The van der Waals surface area contributed by atoms with E-state index in [9.17, 15) is 13.9 Å². The molecule has 2 nitrogen and oxygen atoms in total. The molecule has 0 bridgehead atoms. The van der Waals surface area contributed by atoms with Gasteiger partial charge in [0.05, 0.1) is 6.61 Å². The first kappa shape index (κ1) is 13.1. The van der Waals surface area contributed by atoms with Crippen LogP contribution in [0.25, 0.3) is 0 Å². The van der Waals surface area contributed by atoms with Gasteiger partial charge >= 0.3 is 0 Å². The average Bonchev–Trinajstić information content (AvgIpc) is 2.46. The molecule has 4 heteroatoms. The Hall–Kier alpha value is -1.94. The van der Waals surface area contributed by atoms with E-state index in [1.165, 1.54) is 6.07 Å². The molecule has 0 radical (unpaired) electrons. The fourth-order valence-electron chi connectivity index (χ4n) is 2.45. The number of halogens is 2. The topological polar surface area (TPSA) is 29.5 Å². The molecule has 1 unspecified atom stereocenters. The third kappa shape index (κ3) is 2.39. The van der Waals surface area contributed by atoms with E-state index in [0.29, 0.717) is 12.2 Å². The highest BCUT2D eigenvalue weighted by Crippen LogP contribution is 2.31. The van der Waals surface area contributed by atoms with Gasteiger partial charge in [-0.2, -0.15) is 0 Å². The Bertz CT molecular complexity index is 640. The Labute approximate surface area is 115 Å². The summed E-state index contributed by atoms with van der Waals surface area (Å²) < 4.78 is 32.1. The van der Waals surface area contributed by atoms with Crippen molar-refractivity contribution in [2.24, 2.45) is 0 Å². The third-order valence-corrected chi connectivity index (χ3v) is 3.51. The monoisotopic (exact) mass is 276 g/mol. The molecule has 1 N–H and O–H groups in total. The van der Waals surface area contributed by atoms with Crippen molar-refractivity contribution in [1.82, 2.24) is 0 Å². The van der Waals surface area contributed by atoms with Crippen LogP contribution >= 0.6 is 0 Å². The molecule has 1 heterocycles. The van der Waals surface area contributed by atoms with Crippen molar-refractivity contribution >= 4 is 0 Å². The van der Waals surface area contributed by atoms with Gasteiger partial charge in [-0.05, 0) is 42.2 Å². The Morgan fingerprint density at radius 3 is 2.75 bits per heavy atom. The zero-order chi connectivity index (χ0) is 14.1. The van der Waals surface area contributed by atoms with Gasteiger partial charge < -0.3 is 9.84 Å². The van der Waals surface area contributed by atoms with Crippen LogP contribution in [0.3, 0.4) is 0 Å². The van der Waals surface area contributed by atoms with Crippen LogP contribution in [0.15, 0.2) is 36.4 Å². The lowest BCUT2D eigenvalue weighted by Crippen LogP contribution is -2.10. The smallest absolute Gasteiger partial charge is 0.132 e. The summed E-state index contributed by atoms with van der Waals surface area (Å²) in [6.07, 6.45) is 0.696. The number of aryl methyl sites for hydroxylation is 1. The maximum Gasteiger partial charge on any atom is 0.132 e. The van der Waals surface area contributed by atoms with Crippen molar-refractivity contribution in [2.45, 2.75) is 18.9 Å². The molecule has 2 aromatic carbocycles. The molecule has 0 saturated carbocycles. The summed E-state index contributed by atoms with van der Waals surface area (Å²) in [6, 6.07) is 8.50. The van der Waals surface area contributed by atoms with E-state index < -0.39 is 17.7 Å². The highest BCUT2D eigenvalue weighted by Gasteiger charge is 2.18. The van der Waals surface area contributed by atoms with Crippen LogP contribution < -0.4 is 4.74 Å². The van der Waals surface area contributed by atoms with E-state index in [1.54, 1.807) is 12.1 Å². The summed E-state index contributed by atoms with van der Waals surface area (Å²) in [5.41, 5.74) is 1.66. The second-order valence-electron chi connectivity index (χ2n) is 4.89. The van der Waals surface area contributed by atoms with Crippen molar-refractivity contribution in [2.75, 3.05) is 6.61 Å². The minimum absolute atomic E-state index is 0.0723. The van der Waals surface area contributed by atoms with Crippen LogP contribution in [0.4, 0.5) is 8.78 Å². The number of aliphatic hydroxyl groups excluding tert-OH is 1. The van der Waals surface area contributed by atoms with Crippen LogP contribution in [0.1, 0.15) is 29.2 Å². The maximum absolute atomic E-state index is 13.7. The van der Waals surface area contributed by atoms with E-state index in [1.807, 2.05) is 6.07 Å². The fraction of sp³-hybridized carbons (Fsp3) is 0.250. The molecular formula is C16H14F2O2. The van der Waals surface area contributed by atoms with E-state index in [2.05, 4.69) is 0 Å². The van der Waals surface area contributed by atoms with Gasteiger partial charge in [0, 0.05) is 11.6 Å². The second kappa shape index (κ2) is 5.21. The molecule has 0 amide bonds. The number of aliphatic hydroxyl groups is 1. The molecule has 0 aromatic heterocycles. The highest BCUT2D eigenvalue weighted by molar-refractivity contribution is 5.41. The Balaban J connectivity index is 1.95. The Morgan fingerprint density at radius 1 is 1.10 bits per heavy atom. The molecule has 1 aliphatic rings. The first-order valence-corrected chi connectivity index (χ1v) is 6.54. The van der Waals surface area contributed by atoms with Gasteiger partial charge in [0.2, 0.25) is 0 Å². The number of ether oxygens (including phenoxy) is 1. The van der Waals surface area contributed by atoms with Crippen LogP contribution in [0.5, 0.6) is 5.75 Å². The van der Waals surface area contributed by atoms with Crippen LogP contribution in [0, 0.1) is 11.6 Å². The first-order valence-electron chi connectivity index (χ1n) is 6.54. The molecule has 1 atom stereocenters. The van der Waals surface area contributed by atoms with E-state index in [-0.39, 0.29) is 5.56 Å². The summed E-state index contributed by atoms with van der Waals surface area (Å²) in [4.78, 5) is 0. The normalized spacial score (nSPS) is 15.3. The minimum atomic E-state index is -1.11. The van der Waals surface area contributed by atoms with Crippen LogP contribution in [-0.4, -0.2) is 11.7 Å². The van der Waals surface area contributed by atoms with Crippen molar-refractivity contribution < 1.29 is 18.6 Å². The molecule has 20 heavy (non-hydrogen) atoms. The molecule has 0 saturated heterocycles. The Kier molecular flexibility index (Phi) is 3.40. The van der Waals surface area contributed by atoms with E-state index in [4.69, 9.17) is 4.74 Å². The third-order valence-electron chi connectivity index (χ3n) is 3.51. The average molecular weight is 276 g/mol. The van der Waals surface area contributed by atoms with Crippen molar-refractivity contribution in [3.05, 3.63) is 64.7 Å². The molecule has 104 valence electrons. The predicted molar refractivity (Wildman–Crippen MR) is 70.7 cm³/mol. The molecular weight excluding hydrogens is 262 g/mol. The van der Waals surface area contributed by atoms with Crippen LogP contribution in [0.2, 0.25) is 0 Å². The van der Waals surface area contributed by atoms with E-state index in [0.717, 1.165) is 36.3 Å². The maximum atomic E-state index is 13.7. The number of rotatable bonds is 2. The molecule has 0 aliphatic carbocycles. The number of hydrogen-bond donors (Lipinski definition) is 1. The SMILES string of the molecule is OC(c1ccc2c(c1)CCCO2)c1ccc(F)cc1F. The summed E-state index contributed by atoms with van der Waals surface area (Å²) in [7, 11) is 0. The molecule has 3 rings (SSSR count). The predicted octanol–water partition coefficient (Wildman–Crippen LogP) is 3.37. The number of fused-ring (bicyclic) bond motifs is 1. The van der Waals surface area contributed by atoms with Gasteiger partial charge in [-0.3, -0.25) is 0 Å². The second-order valence-corrected chi connectivity index (χ2v) is 4.89. The zero-order valence-corrected chi connectivity index (χ0v) is 10.8. The van der Waals surface area contributed by atoms with Gasteiger partial charge in [-0.15, -0.1) is 0 Å². The standard InChI is InChI=1S/C16H14F2O2/c17-12-4-5-13(14(18)9-12)16(19)11-3-6-15-10(8-11)2-1-7-20-15/h3-6,8-9,16,19H,1-2,7H2.